The molecular formula is C31H30ClF3N4O5. The molecule has 44 heavy (non-hydrogen) atoms. The molecular weight excluding hydrogens is 601 g/mol. The number of methoxy groups -OCH3 is 1. The lowest BCUT2D eigenvalue weighted by Crippen LogP contribution is -2.27. The topological polar surface area (TPSA) is 111 Å². The Morgan fingerprint density at radius 2 is 1.66 bits per heavy atom. The highest BCUT2D eigenvalue weighted by Gasteiger charge is 2.31. The molecule has 1 heterocycles. The third kappa shape index (κ3) is 8.29. The quantitative estimate of drug-likeness (QED) is 0.173. The number of hydrogen-bond donors (Lipinski definition) is 3. The molecule has 232 valence electrons. The molecule has 0 bridgehead atoms. The van der Waals surface area contributed by atoms with Crippen molar-refractivity contribution in [1.29, 1.82) is 0 Å². The van der Waals surface area contributed by atoms with Gasteiger partial charge in [-0.3, -0.25) is 14.4 Å². The third-order valence-corrected chi connectivity index (χ3v) is 6.83. The van der Waals surface area contributed by atoms with Gasteiger partial charge in [0.2, 0.25) is 5.91 Å². The molecule has 0 fully saturated rings. The number of ether oxygens (including phenoxy) is 2. The largest absolute Gasteiger partial charge is 0.573 e. The molecule has 1 aromatic heterocycles. The summed E-state index contributed by atoms with van der Waals surface area (Å²) in [7, 11) is 1.52. The van der Waals surface area contributed by atoms with E-state index >= 15 is 0 Å². The van der Waals surface area contributed by atoms with Crippen molar-refractivity contribution in [2.45, 2.75) is 33.3 Å². The van der Waals surface area contributed by atoms with Crippen LogP contribution in [-0.2, 0) is 22.6 Å². The van der Waals surface area contributed by atoms with Crippen molar-refractivity contribution in [2.24, 2.45) is 5.92 Å². The lowest BCUT2D eigenvalue weighted by atomic mass is 10.1. The summed E-state index contributed by atoms with van der Waals surface area (Å²) in [5.41, 5.74) is 2.35. The van der Waals surface area contributed by atoms with Gasteiger partial charge >= 0.3 is 6.36 Å². The zero-order valence-electron chi connectivity index (χ0n) is 24.0. The zero-order valence-corrected chi connectivity index (χ0v) is 24.8. The average Bonchev–Trinajstić information content (AvgIpc) is 3.32. The van der Waals surface area contributed by atoms with Crippen molar-refractivity contribution in [3.63, 3.8) is 0 Å². The molecule has 0 saturated heterocycles. The van der Waals surface area contributed by atoms with Crippen molar-refractivity contribution in [2.75, 3.05) is 24.4 Å². The van der Waals surface area contributed by atoms with Crippen LogP contribution in [0.3, 0.4) is 0 Å². The SMILES string of the molecule is COCCn1c(C(=O)Nc2cccc(OC(F)(F)F)c2)cc2cc(NC(=O)c3cc(CNC(=O)C(C)C)ccc3Cl)ccc21. The van der Waals surface area contributed by atoms with Gasteiger partial charge in [-0.1, -0.05) is 37.6 Å². The van der Waals surface area contributed by atoms with E-state index in [-0.39, 0.29) is 46.9 Å². The van der Waals surface area contributed by atoms with E-state index in [9.17, 15) is 27.6 Å². The second kappa shape index (κ2) is 13.8. The molecule has 4 rings (SSSR count). The average molecular weight is 631 g/mol. The van der Waals surface area contributed by atoms with Crippen LogP contribution in [0.4, 0.5) is 24.5 Å². The molecule has 4 aromatic rings. The summed E-state index contributed by atoms with van der Waals surface area (Å²) in [4.78, 5) is 38.4. The Bertz CT molecular complexity index is 1690. The number of halogens is 4. The van der Waals surface area contributed by atoms with Crippen molar-refractivity contribution < 1.29 is 37.0 Å². The first-order chi connectivity index (χ1) is 20.8. The van der Waals surface area contributed by atoms with Crippen molar-refractivity contribution in [3.8, 4) is 5.75 Å². The fourth-order valence-corrected chi connectivity index (χ4v) is 4.58. The molecule has 0 saturated carbocycles. The van der Waals surface area contributed by atoms with Gasteiger partial charge in [-0.05, 0) is 54.1 Å². The summed E-state index contributed by atoms with van der Waals surface area (Å²) in [5.74, 6) is -1.81. The smallest absolute Gasteiger partial charge is 0.406 e. The standard InChI is InChI=1S/C31H30ClF3N4O5/c1-18(2)28(40)36-17-19-7-9-25(32)24(13-19)29(41)37-22-8-10-26-20(14-22)15-27(39(26)11-12-43-3)30(42)38-21-5-4-6-23(16-21)44-31(33,34)35/h4-10,13-16,18H,11-12,17H2,1-3H3,(H,36,40)(H,37,41)(H,38,42). The molecule has 0 aliphatic carbocycles. The van der Waals surface area contributed by atoms with E-state index in [1.165, 1.54) is 19.2 Å². The van der Waals surface area contributed by atoms with Gasteiger partial charge < -0.3 is 30.0 Å². The number of benzene rings is 3. The number of carbonyl (C=O) groups is 3. The number of aromatic nitrogens is 1. The van der Waals surface area contributed by atoms with Crippen molar-refractivity contribution in [3.05, 3.63) is 88.6 Å². The van der Waals surface area contributed by atoms with Crippen LogP contribution in [0.25, 0.3) is 10.9 Å². The molecule has 9 nitrogen and oxygen atoms in total. The number of nitrogens with zero attached hydrogens (tertiary/aromatic N) is 1. The molecule has 0 unspecified atom stereocenters. The predicted octanol–water partition coefficient (Wildman–Crippen LogP) is 6.62. The third-order valence-electron chi connectivity index (χ3n) is 6.50. The van der Waals surface area contributed by atoms with E-state index in [1.807, 2.05) is 0 Å². The minimum atomic E-state index is -4.87. The van der Waals surface area contributed by atoms with Crippen molar-refractivity contribution >= 4 is 51.6 Å². The van der Waals surface area contributed by atoms with Crippen LogP contribution in [0.5, 0.6) is 5.75 Å². The van der Waals surface area contributed by atoms with Gasteiger partial charge in [-0.2, -0.15) is 0 Å². The minimum Gasteiger partial charge on any atom is -0.406 e. The van der Waals surface area contributed by atoms with E-state index in [1.54, 1.807) is 60.9 Å². The van der Waals surface area contributed by atoms with Gasteiger partial charge in [0.25, 0.3) is 11.8 Å². The minimum absolute atomic E-state index is 0.108. The van der Waals surface area contributed by atoms with Crippen molar-refractivity contribution in [1.82, 2.24) is 9.88 Å². The maximum Gasteiger partial charge on any atom is 0.573 e. The summed E-state index contributed by atoms with van der Waals surface area (Å²) >= 11 is 6.31. The van der Waals surface area contributed by atoms with Crippen LogP contribution in [-0.4, -0.2) is 42.4 Å². The van der Waals surface area contributed by atoms with Crippen LogP contribution in [0.15, 0.2) is 66.7 Å². The Kier molecular flexibility index (Phi) is 10.2. The fourth-order valence-electron chi connectivity index (χ4n) is 4.37. The Labute approximate surface area is 256 Å². The normalized spacial score (nSPS) is 11.5. The van der Waals surface area contributed by atoms with Gasteiger partial charge in [-0.25, -0.2) is 0 Å². The monoisotopic (exact) mass is 630 g/mol. The number of amides is 3. The molecule has 3 aromatic carbocycles. The molecule has 0 aliphatic rings. The summed E-state index contributed by atoms with van der Waals surface area (Å²) in [6, 6.07) is 16.6. The summed E-state index contributed by atoms with van der Waals surface area (Å²) < 4.78 is 48.8. The highest BCUT2D eigenvalue weighted by molar-refractivity contribution is 6.34. The first kappa shape index (κ1) is 32.4. The molecule has 3 amide bonds. The number of carbonyl (C=O) groups excluding carboxylic acids is 3. The lowest BCUT2D eigenvalue weighted by Gasteiger charge is -2.13. The molecule has 13 heteroatoms. The second-order valence-corrected chi connectivity index (χ2v) is 10.5. The lowest BCUT2D eigenvalue weighted by molar-refractivity contribution is -0.274. The van der Waals surface area contributed by atoms with Crippen LogP contribution >= 0.6 is 11.6 Å². The molecule has 3 N–H and O–H groups in total. The molecule has 0 radical (unpaired) electrons. The van der Waals surface area contributed by atoms with E-state index in [0.29, 0.717) is 28.7 Å². The van der Waals surface area contributed by atoms with Crippen LogP contribution in [0.1, 0.15) is 40.3 Å². The van der Waals surface area contributed by atoms with Gasteiger partial charge in [0, 0.05) is 54.5 Å². The highest BCUT2D eigenvalue weighted by atomic mass is 35.5. The number of nitrogens with one attached hydrogen (secondary N) is 3. The Morgan fingerprint density at radius 3 is 2.36 bits per heavy atom. The molecule has 0 spiro atoms. The Balaban J connectivity index is 1.56. The van der Waals surface area contributed by atoms with Crippen LogP contribution < -0.4 is 20.7 Å². The van der Waals surface area contributed by atoms with Crippen LogP contribution in [0.2, 0.25) is 5.02 Å². The summed E-state index contributed by atoms with van der Waals surface area (Å²) in [6.45, 7) is 4.39. The Hall–Kier alpha value is -4.55. The zero-order chi connectivity index (χ0) is 32.0. The number of rotatable bonds is 11. The maximum atomic E-state index is 13.3. The Morgan fingerprint density at radius 1 is 0.932 bits per heavy atom. The summed E-state index contributed by atoms with van der Waals surface area (Å²) in [6.07, 6.45) is -4.87. The number of fused-ring (bicyclic) bond motifs is 1. The first-order valence-corrected chi connectivity index (χ1v) is 13.9. The van der Waals surface area contributed by atoms with Crippen LogP contribution in [0, 0.1) is 5.92 Å². The highest BCUT2D eigenvalue weighted by Crippen LogP contribution is 2.28. The second-order valence-electron chi connectivity index (χ2n) is 10.1. The van der Waals surface area contributed by atoms with E-state index < -0.39 is 23.9 Å². The fraction of sp³-hybridized carbons (Fsp3) is 0.258. The van der Waals surface area contributed by atoms with E-state index in [4.69, 9.17) is 16.3 Å². The van der Waals surface area contributed by atoms with E-state index in [0.717, 1.165) is 12.1 Å². The number of anilines is 2. The van der Waals surface area contributed by atoms with Gasteiger partial charge in [-0.15, -0.1) is 13.2 Å². The first-order valence-electron chi connectivity index (χ1n) is 13.5. The van der Waals surface area contributed by atoms with Gasteiger partial charge in [0.15, 0.2) is 0 Å². The van der Waals surface area contributed by atoms with Gasteiger partial charge in [0.1, 0.15) is 11.4 Å². The van der Waals surface area contributed by atoms with E-state index in [2.05, 4.69) is 20.7 Å². The van der Waals surface area contributed by atoms with Gasteiger partial charge in [0.05, 0.1) is 17.2 Å². The predicted molar refractivity (Wildman–Crippen MR) is 161 cm³/mol. The molecule has 0 aliphatic heterocycles. The maximum absolute atomic E-state index is 13.3. The summed E-state index contributed by atoms with van der Waals surface area (Å²) in [5, 5.41) is 9.08. The number of hydrogen-bond acceptors (Lipinski definition) is 5. The molecule has 0 atom stereocenters. The number of alkyl halides is 3.